The second-order valence-electron chi connectivity index (χ2n) is 5.64. The first-order valence-corrected chi connectivity index (χ1v) is 6.46. The van der Waals surface area contributed by atoms with Crippen molar-refractivity contribution in [1.29, 1.82) is 0 Å². The fourth-order valence-electron chi connectivity index (χ4n) is 3.06. The monoisotopic (exact) mass is 233 g/mol. The van der Waals surface area contributed by atoms with Gasteiger partial charge in [-0.1, -0.05) is 6.42 Å². The standard InChI is InChI=1S/C13H19N3O/c1-10-7-11(15-14-10)8-12(17)16-6-5-13(9-16)3-2-4-13/h7H,2-6,8-9H2,1H3,(H,14,15). The molecular weight excluding hydrogens is 214 g/mol. The highest BCUT2D eigenvalue weighted by molar-refractivity contribution is 5.78. The van der Waals surface area contributed by atoms with Crippen LogP contribution in [0.2, 0.25) is 0 Å². The maximum Gasteiger partial charge on any atom is 0.228 e. The van der Waals surface area contributed by atoms with Gasteiger partial charge < -0.3 is 4.90 Å². The first kappa shape index (κ1) is 10.8. The number of hydrogen-bond donors (Lipinski definition) is 1. The number of rotatable bonds is 2. The lowest BCUT2D eigenvalue weighted by Gasteiger charge is -2.37. The highest BCUT2D eigenvalue weighted by Crippen LogP contribution is 2.47. The minimum Gasteiger partial charge on any atom is -0.342 e. The second-order valence-corrected chi connectivity index (χ2v) is 5.64. The molecule has 2 heterocycles. The summed E-state index contributed by atoms with van der Waals surface area (Å²) in [4.78, 5) is 14.2. The number of H-pyrrole nitrogens is 1. The molecule has 0 radical (unpaired) electrons. The van der Waals surface area contributed by atoms with E-state index in [0.717, 1.165) is 24.5 Å². The maximum absolute atomic E-state index is 12.1. The quantitative estimate of drug-likeness (QED) is 0.844. The first-order valence-electron chi connectivity index (χ1n) is 6.46. The van der Waals surface area contributed by atoms with Gasteiger partial charge in [0.25, 0.3) is 0 Å². The van der Waals surface area contributed by atoms with Crippen LogP contribution in [-0.4, -0.2) is 34.1 Å². The van der Waals surface area contributed by atoms with Crippen molar-refractivity contribution >= 4 is 5.91 Å². The minimum absolute atomic E-state index is 0.236. The number of amides is 1. The van der Waals surface area contributed by atoms with E-state index in [1.54, 1.807) is 0 Å². The zero-order valence-corrected chi connectivity index (χ0v) is 10.3. The van der Waals surface area contributed by atoms with E-state index in [-0.39, 0.29) is 5.91 Å². The molecule has 3 rings (SSSR count). The second kappa shape index (κ2) is 3.86. The van der Waals surface area contributed by atoms with E-state index in [1.165, 1.54) is 25.7 Å². The lowest BCUT2D eigenvalue weighted by atomic mass is 9.68. The van der Waals surface area contributed by atoms with Gasteiger partial charge in [0, 0.05) is 18.8 Å². The van der Waals surface area contributed by atoms with Crippen molar-refractivity contribution in [3.8, 4) is 0 Å². The zero-order chi connectivity index (χ0) is 11.9. The van der Waals surface area contributed by atoms with Crippen LogP contribution in [0.4, 0.5) is 0 Å². The van der Waals surface area contributed by atoms with Crippen molar-refractivity contribution in [1.82, 2.24) is 15.1 Å². The van der Waals surface area contributed by atoms with Crippen LogP contribution in [0.5, 0.6) is 0 Å². The Bertz CT molecular complexity index is 434. The molecule has 1 aliphatic heterocycles. The van der Waals surface area contributed by atoms with Crippen LogP contribution in [0, 0.1) is 12.3 Å². The molecule has 1 aliphatic carbocycles. The van der Waals surface area contributed by atoms with E-state index in [0.29, 0.717) is 11.8 Å². The molecule has 17 heavy (non-hydrogen) atoms. The molecule has 0 aromatic carbocycles. The van der Waals surface area contributed by atoms with Gasteiger partial charge in [0.05, 0.1) is 12.1 Å². The number of nitrogens with one attached hydrogen (secondary N) is 1. The summed E-state index contributed by atoms with van der Waals surface area (Å²) in [6.45, 7) is 3.89. The Labute approximate surface area is 101 Å². The molecule has 2 fully saturated rings. The van der Waals surface area contributed by atoms with Crippen LogP contribution >= 0.6 is 0 Å². The average Bonchev–Trinajstić information content (AvgIpc) is 2.83. The molecule has 92 valence electrons. The third-order valence-corrected chi connectivity index (χ3v) is 4.30. The fourth-order valence-corrected chi connectivity index (χ4v) is 3.06. The van der Waals surface area contributed by atoms with Gasteiger partial charge in [-0.3, -0.25) is 9.89 Å². The summed E-state index contributed by atoms with van der Waals surface area (Å²) in [7, 11) is 0. The van der Waals surface area contributed by atoms with Crippen LogP contribution in [0.15, 0.2) is 6.07 Å². The van der Waals surface area contributed by atoms with Crippen molar-refractivity contribution in [3.63, 3.8) is 0 Å². The lowest BCUT2D eigenvalue weighted by Crippen LogP contribution is -2.36. The average molecular weight is 233 g/mol. The highest BCUT2D eigenvalue weighted by Gasteiger charge is 2.43. The molecule has 1 saturated carbocycles. The topological polar surface area (TPSA) is 49.0 Å². The van der Waals surface area contributed by atoms with Gasteiger partial charge in [-0.15, -0.1) is 0 Å². The lowest BCUT2D eigenvalue weighted by molar-refractivity contribution is -0.130. The van der Waals surface area contributed by atoms with Gasteiger partial charge >= 0.3 is 0 Å². The van der Waals surface area contributed by atoms with Gasteiger partial charge in [0.2, 0.25) is 5.91 Å². The predicted octanol–water partition coefficient (Wildman–Crippen LogP) is 1.66. The summed E-state index contributed by atoms with van der Waals surface area (Å²) in [5.74, 6) is 0.236. The van der Waals surface area contributed by atoms with E-state index < -0.39 is 0 Å². The van der Waals surface area contributed by atoms with Crippen LogP contribution in [0.3, 0.4) is 0 Å². The van der Waals surface area contributed by atoms with Crippen LogP contribution < -0.4 is 0 Å². The third kappa shape index (κ3) is 1.96. The molecular formula is C13H19N3O. The number of nitrogens with zero attached hydrogens (tertiary/aromatic N) is 2. The SMILES string of the molecule is Cc1cc(CC(=O)N2CCC3(CCC3)C2)n[nH]1. The Morgan fingerprint density at radius 1 is 1.53 bits per heavy atom. The van der Waals surface area contributed by atoms with Crippen molar-refractivity contribution < 1.29 is 4.79 Å². The van der Waals surface area contributed by atoms with Gasteiger partial charge in [0.15, 0.2) is 0 Å². The molecule has 1 spiro atoms. The van der Waals surface area contributed by atoms with Crippen molar-refractivity contribution in [2.24, 2.45) is 5.41 Å². The van der Waals surface area contributed by atoms with Gasteiger partial charge in [0.1, 0.15) is 0 Å². The summed E-state index contributed by atoms with van der Waals surface area (Å²) >= 11 is 0. The predicted molar refractivity (Wildman–Crippen MR) is 64.5 cm³/mol. The van der Waals surface area contributed by atoms with Crippen LogP contribution in [0.25, 0.3) is 0 Å². The number of hydrogen-bond acceptors (Lipinski definition) is 2. The summed E-state index contributed by atoms with van der Waals surface area (Å²) in [6, 6.07) is 1.95. The Hall–Kier alpha value is -1.32. The Balaban J connectivity index is 1.60. The van der Waals surface area contributed by atoms with Crippen molar-refractivity contribution in [2.75, 3.05) is 13.1 Å². The van der Waals surface area contributed by atoms with Crippen LogP contribution in [-0.2, 0) is 11.2 Å². The highest BCUT2D eigenvalue weighted by atomic mass is 16.2. The number of carbonyl (C=O) groups excluding carboxylic acids is 1. The zero-order valence-electron chi connectivity index (χ0n) is 10.3. The normalized spacial score (nSPS) is 21.8. The smallest absolute Gasteiger partial charge is 0.228 e. The fraction of sp³-hybridized carbons (Fsp3) is 0.692. The largest absolute Gasteiger partial charge is 0.342 e. The van der Waals surface area contributed by atoms with E-state index >= 15 is 0 Å². The van der Waals surface area contributed by atoms with E-state index in [1.807, 2.05) is 17.9 Å². The van der Waals surface area contributed by atoms with Crippen LogP contribution in [0.1, 0.15) is 37.1 Å². The summed E-state index contributed by atoms with van der Waals surface area (Å²) in [5.41, 5.74) is 2.38. The molecule has 0 bridgehead atoms. The third-order valence-electron chi connectivity index (χ3n) is 4.30. The number of aryl methyl sites for hydroxylation is 1. The van der Waals surface area contributed by atoms with Gasteiger partial charge in [-0.25, -0.2) is 0 Å². The first-order chi connectivity index (χ1) is 8.17. The van der Waals surface area contributed by atoms with Crippen molar-refractivity contribution in [3.05, 3.63) is 17.5 Å². The van der Waals surface area contributed by atoms with Gasteiger partial charge in [-0.2, -0.15) is 5.10 Å². The number of aromatic nitrogens is 2. The number of carbonyl (C=O) groups is 1. The van der Waals surface area contributed by atoms with Crippen molar-refractivity contribution in [2.45, 2.75) is 39.0 Å². The maximum atomic E-state index is 12.1. The number of likely N-dealkylation sites (tertiary alicyclic amines) is 1. The molecule has 1 aromatic rings. The molecule has 4 heteroatoms. The molecule has 1 N–H and O–H groups in total. The molecule has 1 aromatic heterocycles. The molecule has 1 saturated heterocycles. The number of aromatic amines is 1. The summed E-state index contributed by atoms with van der Waals surface area (Å²) in [6.07, 6.45) is 5.63. The molecule has 1 amide bonds. The Kier molecular flexibility index (Phi) is 2.45. The van der Waals surface area contributed by atoms with Gasteiger partial charge in [-0.05, 0) is 37.7 Å². The van der Waals surface area contributed by atoms with E-state index in [9.17, 15) is 4.79 Å². The Morgan fingerprint density at radius 2 is 2.35 bits per heavy atom. The molecule has 4 nitrogen and oxygen atoms in total. The summed E-state index contributed by atoms with van der Waals surface area (Å²) in [5, 5.41) is 7.01. The molecule has 0 unspecified atom stereocenters. The minimum atomic E-state index is 0.236. The van der Waals surface area contributed by atoms with E-state index in [4.69, 9.17) is 0 Å². The van der Waals surface area contributed by atoms with E-state index in [2.05, 4.69) is 10.2 Å². The molecule has 2 aliphatic rings. The molecule has 0 atom stereocenters. The summed E-state index contributed by atoms with van der Waals surface area (Å²) < 4.78 is 0. The Morgan fingerprint density at radius 3 is 2.88 bits per heavy atom.